The number of aliphatic carboxylic acids is 1. The van der Waals surface area contributed by atoms with Crippen LogP contribution in [0.15, 0.2) is 66.7 Å². The second kappa shape index (κ2) is 10.1. The van der Waals surface area contributed by atoms with E-state index in [1.807, 2.05) is 12.1 Å². The average Bonchev–Trinajstić information content (AvgIpc) is 2.67. The van der Waals surface area contributed by atoms with Crippen molar-refractivity contribution in [3.8, 4) is 0 Å². The zero-order chi connectivity index (χ0) is 17.5. The molecule has 0 amide bonds. The zero-order valence-corrected chi connectivity index (χ0v) is 15.7. The van der Waals surface area contributed by atoms with Gasteiger partial charge in [0.05, 0.1) is 5.92 Å². The second-order valence-corrected chi connectivity index (χ2v) is 6.62. The Morgan fingerprint density at radius 3 is 2.15 bits per heavy atom. The van der Waals surface area contributed by atoms with Gasteiger partial charge in [-0.2, -0.15) is 0 Å². The summed E-state index contributed by atoms with van der Waals surface area (Å²) in [4.78, 5) is 13.5. The van der Waals surface area contributed by atoms with E-state index in [0.29, 0.717) is 6.54 Å². The van der Waals surface area contributed by atoms with Crippen LogP contribution in [-0.4, -0.2) is 35.6 Å². The van der Waals surface area contributed by atoms with Crippen LogP contribution in [0, 0.1) is 5.92 Å². The fraction of sp³-hybridized carbons (Fsp3) is 0.318. The Morgan fingerprint density at radius 2 is 1.62 bits per heavy atom. The lowest BCUT2D eigenvalue weighted by molar-refractivity contribution is -0.143. The van der Waals surface area contributed by atoms with Gasteiger partial charge in [-0.15, -0.1) is 12.4 Å². The average molecular weight is 372 g/mol. The molecule has 1 aliphatic heterocycles. The molecular formula is C22H26ClNO2. The first kappa shape index (κ1) is 20.2. The van der Waals surface area contributed by atoms with E-state index >= 15 is 0 Å². The summed E-state index contributed by atoms with van der Waals surface area (Å²) in [5.74, 6) is -0.866. The number of halogens is 1. The van der Waals surface area contributed by atoms with Crippen LogP contribution in [0.1, 0.15) is 30.4 Å². The van der Waals surface area contributed by atoms with Gasteiger partial charge in [-0.05, 0) is 42.5 Å². The number of piperidine rings is 1. The first-order valence-corrected chi connectivity index (χ1v) is 9.00. The van der Waals surface area contributed by atoms with E-state index in [9.17, 15) is 9.90 Å². The fourth-order valence-corrected chi connectivity index (χ4v) is 3.49. The Balaban J connectivity index is 0.00000243. The van der Waals surface area contributed by atoms with Crippen molar-refractivity contribution in [2.75, 3.05) is 19.6 Å². The molecular weight excluding hydrogens is 346 g/mol. The van der Waals surface area contributed by atoms with Crippen LogP contribution in [0.25, 0.3) is 5.57 Å². The number of carbonyl (C=O) groups is 1. The van der Waals surface area contributed by atoms with Gasteiger partial charge in [0.15, 0.2) is 0 Å². The van der Waals surface area contributed by atoms with E-state index in [4.69, 9.17) is 0 Å². The Labute approximate surface area is 161 Å². The molecule has 2 aromatic rings. The maximum atomic E-state index is 11.2. The number of nitrogens with zero attached hydrogens (tertiary/aromatic N) is 1. The van der Waals surface area contributed by atoms with Gasteiger partial charge in [0.2, 0.25) is 0 Å². The van der Waals surface area contributed by atoms with E-state index in [1.165, 1.54) is 16.7 Å². The van der Waals surface area contributed by atoms with Gasteiger partial charge in [-0.3, -0.25) is 4.79 Å². The highest BCUT2D eigenvalue weighted by molar-refractivity contribution is 5.85. The predicted octanol–water partition coefficient (Wildman–Crippen LogP) is 4.73. The summed E-state index contributed by atoms with van der Waals surface area (Å²) in [6.07, 6.45) is 4.99. The molecule has 3 rings (SSSR count). The number of rotatable bonds is 6. The van der Waals surface area contributed by atoms with Crippen molar-refractivity contribution >= 4 is 23.9 Å². The molecule has 0 saturated carbocycles. The number of likely N-dealkylation sites (tertiary alicyclic amines) is 1. The summed E-state index contributed by atoms with van der Waals surface area (Å²) in [5, 5.41) is 9.23. The highest BCUT2D eigenvalue weighted by Gasteiger charge is 2.24. The van der Waals surface area contributed by atoms with Crippen LogP contribution in [0.4, 0.5) is 0 Å². The monoisotopic (exact) mass is 371 g/mol. The Bertz CT molecular complexity index is 674. The number of carboxylic acid groups (broad SMARTS) is 1. The summed E-state index contributed by atoms with van der Waals surface area (Å²) >= 11 is 0. The summed E-state index contributed by atoms with van der Waals surface area (Å²) in [6, 6.07) is 20.9. The Hall–Kier alpha value is -2.10. The first-order valence-electron chi connectivity index (χ1n) is 9.00. The van der Waals surface area contributed by atoms with Crippen molar-refractivity contribution in [3.05, 3.63) is 77.9 Å². The molecule has 0 unspecified atom stereocenters. The van der Waals surface area contributed by atoms with Crippen molar-refractivity contribution in [1.82, 2.24) is 4.90 Å². The largest absolute Gasteiger partial charge is 0.481 e. The number of benzene rings is 2. The lowest BCUT2D eigenvalue weighted by Gasteiger charge is -2.30. The van der Waals surface area contributed by atoms with Gasteiger partial charge in [0, 0.05) is 13.1 Å². The fourth-order valence-electron chi connectivity index (χ4n) is 3.49. The van der Waals surface area contributed by atoms with E-state index < -0.39 is 5.97 Å². The third kappa shape index (κ3) is 5.45. The predicted molar refractivity (Wildman–Crippen MR) is 109 cm³/mol. The molecule has 1 aliphatic rings. The van der Waals surface area contributed by atoms with Crippen LogP contribution < -0.4 is 0 Å². The maximum absolute atomic E-state index is 11.2. The molecule has 0 radical (unpaired) electrons. The van der Waals surface area contributed by atoms with Crippen LogP contribution >= 0.6 is 12.4 Å². The molecule has 1 heterocycles. The minimum Gasteiger partial charge on any atom is -0.481 e. The van der Waals surface area contributed by atoms with Crippen molar-refractivity contribution in [1.29, 1.82) is 0 Å². The molecule has 4 heteroatoms. The molecule has 1 saturated heterocycles. The zero-order valence-electron chi connectivity index (χ0n) is 14.9. The maximum Gasteiger partial charge on any atom is 0.307 e. The summed E-state index contributed by atoms with van der Waals surface area (Å²) in [5.41, 5.74) is 3.68. The molecule has 138 valence electrons. The van der Waals surface area contributed by atoms with Gasteiger partial charge in [-0.1, -0.05) is 66.7 Å². The third-order valence-electron chi connectivity index (χ3n) is 4.82. The minimum atomic E-state index is -0.658. The number of carboxylic acids is 1. The van der Waals surface area contributed by atoms with E-state index in [-0.39, 0.29) is 18.3 Å². The van der Waals surface area contributed by atoms with Crippen molar-refractivity contribution in [2.45, 2.75) is 19.3 Å². The van der Waals surface area contributed by atoms with Gasteiger partial charge in [0.25, 0.3) is 0 Å². The van der Waals surface area contributed by atoms with Gasteiger partial charge in [-0.25, -0.2) is 0 Å². The molecule has 0 bridgehead atoms. The van der Waals surface area contributed by atoms with Crippen LogP contribution in [0.2, 0.25) is 0 Å². The lowest BCUT2D eigenvalue weighted by atomic mass is 9.96. The van der Waals surface area contributed by atoms with Crippen molar-refractivity contribution in [3.63, 3.8) is 0 Å². The Kier molecular flexibility index (Phi) is 7.89. The molecule has 26 heavy (non-hydrogen) atoms. The molecule has 1 atom stereocenters. The highest BCUT2D eigenvalue weighted by Crippen LogP contribution is 2.24. The summed E-state index contributed by atoms with van der Waals surface area (Å²) < 4.78 is 0. The van der Waals surface area contributed by atoms with Crippen molar-refractivity contribution < 1.29 is 9.90 Å². The van der Waals surface area contributed by atoms with E-state index in [2.05, 4.69) is 59.5 Å². The molecule has 0 aromatic heterocycles. The van der Waals surface area contributed by atoms with Crippen LogP contribution in [0.5, 0.6) is 0 Å². The Morgan fingerprint density at radius 1 is 1.04 bits per heavy atom. The number of hydrogen-bond acceptors (Lipinski definition) is 2. The molecule has 2 aromatic carbocycles. The SMILES string of the molecule is Cl.O=C(O)[C@@H]1CCCN(CCC=C(c2ccccc2)c2ccccc2)C1. The molecule has 0 spiro atoms. The van der Waals surface area contributed by atoms with Gasteiger partial charge in [0.1, 0.15) is 0 Å². The number of hydrogen-bond donors (Lipinski definition) is 1. The van der Waals surface area contributed by atoms with Crippen LogP contribution in [-0.2, 0) is 4.79 Å². The topological polar surface area (TPSA) is 40.5 Å². The molecule has 3 nitrogen and oxygen atoms in total. The lowest BCUT2D eigenvalue weighted by Crippen LogP contribution is -2.39. The normalized spacial score (nSPS) is 17.2. The van der Waals surface area contributed by atoms with E-state index in [1.54, 1.807) is 0 Å². The second-order valence-electron chi connectivity index (χ2n) is 6.62. The smallest absolute Gasteiger partial charge is 0.307 e. The van der Waals surface area contributed by atoms with Gasteiger partial charge < -0.3 is 10.0 Å². The van der Waals surface area contributed by atoms with E-state index in [0.717, 1.165) is 32.4 Å². The molecule has 1 fully saturated rings. The summed E-state index contributed by atoms with van der Waals surface area (Å²) in [7, 11) is 0. The highest BCUT2D eigenvalue weighted by atomic mass is 35.5. The molecule has 1 N–H and O–H groups in total. The van der Waals surface area contributed by atoms with Gasteiger partial charge >= 0.3 is 5.97 Å². The standard InChI is InChI=1S/C22H25NO2.ClH/c24-22(25)20-13-7-15-23(17-20)16-8-14-21(18-9-3-1-4-10-18)19-11-5-2-6-12-19;/h1-6,9-12,14,20H,7-8,13,15-17H2,(H,24,25);1H/t20-;/m1./s1. The first-order chi connectivity index (χ1) is 12.2. The van der Waals surface area contributed by atoms with Crippen molar-refractivity contribution in [2.24, 2.45) is 5.92 Å². The van der Waals surface area contributed by atoms with Crippen LogP contribution in [0.3, 0.4) is 0 Å². The molecule has 0 aliphatic carbocycles. The minimum absolute atomic E-state index is 0. The quantitative estimate of drug-likeness (QED) is 0.798. The summed E-state index contributed by atoms with van der Waals surface area (Å²) in [6.45, 7) is 2.59. The third-order valence-corrected chi connectivity index (χ3v) is 4.82.